The van der Waals surface area contributed by atoms with Crippen LogP contribution < -0.4 is 15.4 Å². The normalized spacial score (nSPS) is 10.2. The summed E-state index contributed by atoms with van der Waals surface area (Å²) in [6.07, 6.45) is 4.66. The van der Waals surface area contributed by atoms with Crippen molar-refractivity contribution in [3.63, 3.8) is 0 Å². The fourth-order valence-electron chi connectivity index (χ4n) is 1.78. The first-order chi connectivity index (χ1) is 9.72. The minimum Gasteiger partial charge on any atom is -0.495 e. The van der Waals surface area contributed by atoms with E-state index in [9.17, 15) is 0 Å². The summed E-state index contributed by atoms with van der Waals surface area (Å²) in [5.41, 5.74) is 2.81. The molecule has 0 spiro atoms. The number of benzene rings is 1. The molecule has 0 saturated heterocycles. The van der Waals surface area contributed by atoms with Crippen molar-refractivity contribution in [2.24, 2.45) is 0 Å². The molecule has 4 nitrogen and oxygen atoms in total. The van der Waals surface area contributed by atoms with E-state index in [1.54, 1.807) is 19.4 Å². The molecule has 0 atom stereocenters. The number of pyridine rings is 1. The summed E-state index contributed by atoms with van der Waals surface area (Å²) in [4.78, 5) is 4.21. The lowest BCUT2D eigenvalue weighted by atomic mass is 10.2. The second-order valence-corrected chi connectivity index (χ2v) is 4.77. The number of ether oxygens (including phenoxy) is 1. The van der Waals surface area contributed by atoms with Gasteiger partial charge >= 0.3 is 0 Å². The predicted molar refractivity (Wildman–Crippen MR) is 84.3 cm³/mol. The Labute approximate surface area is 124 Å². The molecule has 0 saturated carbocycles. The largest absolute Gasteiger partial charge is 0.495 e. The summed E-state index contributed by atoms with van der Waals surface area (Å²) in [5, 5.41) is 7.18. The topological polar surface area (TPSA) is 46.2 Å². The van der Waals surface area contributed by atoms with Crippen LogP contribution >= 0.6 is 11.6 Å². The number of nitrogens with zero attached hydrogens (tertiary/aromatic N) is 1. The van der Waals surface area contributed by atoms with E-state index in [2.05, 4.69) is 22.5 Å². The highest BCUT2D eigenvalue weighted by Crippen LogP contribution is 2.29. The van der Waals surface area contributed by atoms with Crippen LogP contribution in [0.15, 0.2) is 36.7 Å². The van der Waals surface area contributed by atoms with Gasteiger partial charge in [0, 0.05) is 18.3 Å². The molecule has 0 radical (unpaired) electrons. The van der Waals surface area contributed by atoms with Crippen LogP contribution in [0.3, 0.4) is 0 Å². The van der Waals surface area contributed by atoms with E-state index in [0.717, 1.165) is 30.0 Å². The molecule has 0 aliphatic rings. The smallest absolute Gasteiger partial charge is 0.139 e. The average Bonchev–Trinajstić information content (AvgIpc) is 2.47. The van der Waals surface area contributed by atoms with Crippen molar-refractivity contribution in [3.8, 4) is 5.75 Å². The standard InChI is InChI=1S/C15H18ClN3O/c1-3-6-18-12-7-13(10-17-9-12)19-11-4-5-14(16)15(8-11)20-2/h4-5,7-10,18-19H,3,6H2,1-2H3. The van der Waals surface area contributed by atoms with Crippen LogP contribution in [-0.2, 0) is 0 Å². The number of hydrogen-bond donors (Lipinski definition) is 2. The van der Waals surface area contributed by atoms with Gasteiger partial charge in [-0.25, -0.2) is 0 Å². The van der Waals surface area contributed by atoms with E-state index in [0.29, 0.717) is 10.8 Å². The molecule has 1 heterocycles. The zero-order chi connectivity index (χ0) is 14.4. The summed E-state index contributed by atoms with van der Waals surface area (Å²) in [6, 6.07) is 7.57. The van der Waals surface area contributed by atoms with Crippen molar-refractivity contribution in [2.75, 3.05) is 24.3 Å². The number of hydrogen-bond acceptors (Lipinski definition) is 4. The molecule has 0 aliphatic heterocycles. The van der Waals surface area contributed by atoms with E-state index in [4.69, 9.17) is 16.3 Å². The van der Waals surface area contributed by atoms with E-state index in [-0.39, 0.29) is 0 Å². The van der Waals surface area contributed by atoms with Crippen molar-refractivity contribution >= 4 is 28.7 Å². The number of anilines is 3. The Bertz CT molecular complexity index is 575. The second-order valence-electron chi connectivity index (χ2n) is 4.36. The van der Waals surface area contributed by atoms with Gasteiger partial charge in [-0.1, -0.05) is 18.5 Å². The van der Waals surface area contributed by atoms with Gasteiger partial charge in [-0.2, -0.15) is 0 Å². The fourth-order valence-corrected chi connectivity index (χ4v) is 1.97. The second kappa shape index (κ2) is 7.01. The van der Waals surface area contributed by atoms with Crippen molar-refractivity contribution in [3.05, 3.63) is 41.7 Å². The average molecular weight is 292 g/mol. The first-order valence-electron chi connectivity index (χ1n) is 6.52. The lowest BCUT2D eigenvalue weighted by Crippen LogP contribution is -2.01. The molecule has 0 bridgehead atoms. The SMILES string of the molecule is CCCNc1cncc(Nc2ccc(Cl)c(OC)c2)c1. The number of methoxy groups -OCH3 is 1. The minimum atomic E-state index is 0.592. The zero-order valence-corrected chi connectivity index (χ0v) is 12.4. The molecule has 2 aromatic rings. The monoisotopic (exact) mass is 291 g/mol. The summed E-state index contributed by atoms with van der Waals surface area (Å²) in [5.74, 6) is 0.643. The van der Waals surface area contributed by atoms with E-state index in [1.807, 2.05) is 24.4 Å². The Morgan fingerprint density at radius 2 is 1.95 bits per heavy atom. The highest BCUT2D eigenvalue weighted by atomic mass is 35.5. The third-order valence-corrected chi connectivity index (χ3v) is 3.07. The summed E-state index contributed by atoms with van der Waals surface area (Å²) in [6.45, 7) is 3.06. The fraction of sp³-hybridized carbons (Fsp3) is 0.267. The number of halogens is 1. The van der Waals surface area contributed by atoms with Gasteiger partial charge in [-0.3, -0.25) is 4.98 Å². The van der Waals surface area contributed by atoms with E-state index >= 15 is 0 Å². The van der Waals surface area contributed by atoms with Crippen LogP contribution in [0.5, 0.6) is 5.75 Å². The summed E-state index contributed by atoms with van der Waals surface area (Å²) >= 11 is 6.01. The maximum atomic E-state index is 6.01. The molecule has 106 valence electrons. The molecule has 5 heteroatoms. The van der Waals surface area contributed by atoms with Crippen LogP contribution in [0.4, 0.5) is 17.1 Å². The Morgan fingerprint density at radius 1 is 1.15 bits per heavy atom. The van der Waals surface area contributed by atoms with Crippen LogP contribution in [0, 0.1) is 0 Å². The van der Waals surface area contributed by atoms with Gasteiger partial charge in [0.1, 0.15) is 5.75 Å². The Balaban J connectivity index is 2.13. The van der Waals surface area contributed by atoms with Crippen molar-refractivity contribution in [1.29, 1.82) is 0 Å². The Kier molecular flexibility index (Phi) is 5.07. The highest BCUT2D eigenvalue weighted by molar-refractivity contribution is 6.32. The maximum Gasteiger partial charge on any atom is 0.139 e. The molecular weight excluding hydrogens is 274 g/mol. The van der Waals surface area contributed by atoms with Crippen LogP contribution in [0.1, 0.15) is 13.3 Å². The molecule has 20 heavy (non-hydrogen) atoms. The highest BCUT2D eigenvalue weighted by Gasteiger charge is 2.03. The first-order valence-corrected chi connectivity index (χ1v) is 6.90. The van der Waals surface area contributed by atoms with Crippen LogP contribution in [-0.4, -0.2) is 18.6 Å². The molecule has 0 unspecified atom stereocenters. The van der Waals surface area contributed by atoms with Gasteiger partial charge in [0.15, 0.2) is 0 Å². The van der Waals surface area contributed by atoms with Crippen molar-refractivity contribution in [2.45, 2.75) is 13.3 Å². The third-order valence-electron chi connectivity index (χ3n) is 2.76. The molecule has 0 fully saturated rings. The Morgan fingerprint density at radius 3 is 2.70 bits per heavy atom. The quantitative estimate of drug-likeness (QED) is 0.832. The summed E-state index contributed by atoms with van der Waals surface area (Å²) in [7, 11) is 1.60. The minimum absolute atomic E-state index is 0.592. The van der Waals surface area contributed by atoms with E-state index < -0.39 is 0 Å². The number of rotatable bonds is 6. The molecule has 0 aliphatic carbocycles. The van der Waals surface area contributed by atoms with Gasteiger partial charge in [0.25, 0.3) is 0 Å². The number of nitrogens with one attached hydrogen (secondary N) is 2. The summed E-state index contributed by atoms with van der Waals surface area (Å²) < 4.78 is 5.20. The van der Waals surface area contributed by atoms with Gasteiger partial charge in [0.2, 0.25) is 0 Å². The number of aromatic nitrogens is 1. The lowest BCUT2D eigenvalue weighted by Gasteiger charge is -2.11. The molecular formula is C15H18ClN3O. The molecule has 1 aromatic heterocycles. The molecule has 2 rings (SSSR count). The first kappa shape index (κ1) is 14.5. The van der Waals surface area contributed by atoms with Gasteiger partial charge in [-0.15, -0.1) is 0 Å². The zero-order valence-electron chi connectivity index (χ0n) is 11.6. The Hall–Kier alpha value is -1.94. The maximum absolute atomic E-state index is 6.01. The van der Waals surface area contributed by atoms with Crippen molar-refractivity contribution < 1.29 is 4.74 Å². The third kappa shape index (κ3) is 3.78. The van der Waals surface area contributed by atoms with Gasteiger partial charge < -0.3 is 15.4 Å². The molecule has 1 aromatic carbocycles. The predicted octanol–water partition coefficient (Wildman–Crippen LogP) is 4.31. The molecule has 0 amide bonds. The van der Waals surface area contributed by atoms with E-state index in [1.165, 1.54) is 0 Å². The molecule has 2 N–H and O–H groups in total. The van der Waals surface area contributed by atoms with Gasteiger partial charge in [-0.05, 0) is 24.6 Å². The van der Waals surface area contributed by atoms with Crippen LogP contribution in [0.25, 0.3) is 0 Å². The lowest BCUT2D eigenvalue weighted by molar-refractivity contribution is 0.415. The van der Waals surface area contributed by atoms with Crippen molar-refractivity contribution in [1.82, 2.24) is 4.98 Å². The van der Waals surface area contributed by atoms with Gasteiger partial charge in [0.05, 0.1) is 35.9 Å². The van der Waals surface area contributed by atoms with Crippen LogP contribution in [0.2, 0.25) is 5.02 Å².